The Morgan fingerprint density at radius 2 is 2.04 bits per heavy atom. The van der Waals surface area contributed by atoms with Crippen molar-refractivity contribution in [2.24, 2.45) is 0 Å². The summed E-state index contributed by atoms with van der Waals surface area (Å²) in [6, 6.07) is 9.95. The first-order chi connectivity index (χ1) is 13.7. The number of allylic oxidation sites excluding steroid dienone is 1. The Hall–Kier alpha value is -3.02. The molecule has 0 spiro atoms. The topological polar surface area (TPSA) is 75.2 Å². The third-order valence-corrected chi connectivity index (χ3v) is 5.42. The highest BCUT2D eigenvalue weighted by atomic mass is 16.2. The molecule has 1 aromatic carbocycles. The van der Waals surface area contributed by atoms with Crippen molar-refractivity contribution in [1.29, 1.82) is 0 Å². The van der Waals surface area contributed by atoms with Crippen molar-refractivity contribution < 1.29 is 9.59 Å². The number of carbonyl (C=O) groups excluding carboxylic acids is 2. The number of Topliss-reactive ketones (excluding diaryl/α,β-unsaturated/α-hetero) is 1. The van der Waals surface area contributed by atoms with E-state index < -0.39 is 0 Å². The lowest BCUT2D eigenvalue weighted by molar-refractivity contribution is -0.123. The largest absolute Gasteiger partial charge is 0.353 e. The zero-order valence-corrected chi connectivity index (χ0v) is 15.8. The first kappa shape index (κ1) is 18.3. The maximum atomic E-state index is 12.7. The zero-order valence-electron chi connectivity index (χ0n) is 15.8. The molecule has 1 aliphatic carbocycles. The normalized spacial score (nSPS) is 19.8. The molecule has 1 amide bonds. The smallest absolute Gasteiger partial charge is 0.224 e. The second kappa shape index (κ2) is 8.33. The van der Waals surface area contributed by atoms with Gasteiger partial charge in [-0.2, -0.15) is 0 Å². The van der Waals surface area contributed by atoms with E-state index in [1.807, 2.05) is 30.3 Å². The first-order valence-electron chi connectivity index (χ1n) is 9.81. The summed E-state index contributed by atoms with van der Waals surface area (Å²) in [5.41, 5.74) is 2.73. The summed E-state index contributed by atoms with van der Waals surface area (Å²) < 4.78 is 0. The summed E-state index contributed by atoms with van der Waals surface area (Å²) in [5.74, 6) is 0.852. The third-order valence-electron chi connectivity index (χ3n) is 5.42. The molecule has 1 atom stereocenters. The molecule has 6 nitrogen and oxygen atoms in total. The predicted octanol–water partition coefficient (Wildman–Crippen LogP) is 2.77. The van der Waals surface area contributed by atoms with E-state index in [-0.39, 0.29) is 24.2 Å². The van der Waals surface area contributed by atoms with E-state index in [4.69, 9.17) is 0 Å². The van der Waals surface area contributed by atoms with E-state index in [2.05, 4.69) is 20.2 Å². The Kier molecular flexibility index (Phi) is 5.46. The van der Waals surface area contributed by atoms with Crippen molar-refractivity contribution in [1.82, 2.24) is 15.3 Å². The Labute approximate surface area is 164 Å². The number of nitrogens with one attached hydrogen (secondary N) is 1. The number of amides is 1. The molecule has 0 radical (unpaired) electrons. The van der Waals surface area contributed by atoms with E-state index in [9.17, 15) is 9.59 Å². The molecule has 0 bridgehead atoms. The zero-order chi connectivity index (χ0) is 19.3. The van der Waals surface area contributed by atoms with E-state index in [1.165, 1.54) is 0 Å². The molecule has 2 aliphatic rings. The summed E-state index contributed by atoms with van der Waals surface area (Å²) in [6.07, 6.45) is 8.37. The lowest BCUT2D eigenvalue weighted by Crippen LogP contribution is -2.48. The van der Waals surface area contributed by atoms with Crippen LogP contribution in [0.2, 0.25) is 0 Å². The standard InChI is InChI=1S/C22H24N4O2/c27-20-9-8-18(16-5-2-1-3-6-16)19(20)13-22(28)25-17-7-4-12-26(15-17)21-14-23-10-11-24-21/h1-3,5-6,10-11,14,17H,4,7-9,12-13,15H2,(H,25,28)/t17-/m1/s1. The molecule has 144 valence electrons. The lowest BCUT2D eigenvalue weighted by Gasteiger charge is -2.33. The van der Waals surface area contributed by atoms with Crippen molar-refractivity contribution in [2.75, 3.05) is 18.0 Å². The molecule has 1 N–H and O–H groups in total. The maximum Gasteiger partial charge on any atom is 0.224 e. The van der Waals surface area contributed by atoms with Crippen molar-refractivity contribution in [3.8, 4) is 0 Å². The minimum atomic E-state index is -0.0790. The molecule has 4 rings (SSSR count). The molecular weight excluding hydrogens is 352 g/mol. The van der Waals surface area contributed by atoms with Crippen LogP contribution in [0.15, 0.2) is 54.5 Å². The van der Waals surface area contributed by atoms with Crippen molar-refractivity contribution >= 4 is 23.1 Å². The number of benzene rings is 1. The Morgan fingerprint density at radius 3 is 2.82 bits per heavy atom. The molecule has 28 heavy (non-hydrogen) atoms. The maximum absolute atomic E-state index is 12.7. The van der Waals surface area contributed by atoms with Gasteiger partial charge in [0.2, 0.25) is 5.91 Å². The van der Waals surface area contributed by atoms with Gasteiger partial charge in [-0.15, -0.1) is 0 Å². The molecule has 1 saturated heterocycles. The monoisotopic (exact) mass is 376 g/mol. The van der Waals surface area contributed by atoms with Crippen LogP contribution in [0, 0.1) is 0 Å². The van der Waals surface area contributed by atoms with Crippen LogP contribution < -0.4 is 10.2 Å². The van der Waals surface area contributed by atoms with Crippen LogP contribution in [-0.4, -0.2) is 40.8 Å². The van der Waals surface area contributed by atoms with Gasteiger partial charge in [0, 0.05) is 43.5 Å². The summed E-state index contributed by atoms with van der Waals surface area (Å²) in [5, 5.41) is 3.12. The summed E-state index contributed by atoms with van der Waals surface area (Å²) in [7, 11) is 0. The first-order valence-corrected chi connectivity index (χ1v) is 9.81. The van der Waals surface area contributed by atoms with Crippen LogP contribution in [0.4, 0.5) is 5.82 Å². The van der Waals surface area contributed by atoms with Gasteiger partial charge in [0.05, 0.1) is 12.6 Å². The SMILES string of the molecule is O=C(CC1=C(c2ccccc2)CCC1=O)N[C@@H]1CCCN(c2cnccn2)C1. The molecule has 1 fully saturated rings. The van der Waals surface area contributed by atoms with Crippen LogP contribution >= 0.6 is 0 Å². The van der Waals surface area contributed by atoms with Crippen LogP contribution in [0.5, 0.6) is 0 Å². The van der Waals surface area contributed by atoms with Crippen LogP contribution in [-0.2, 0) is 9.59 Å². The number of hydrogen-bond acceptors (Lipinski definition) is 5. The van der Waals surface area contributed by atoms with Gasteiger partial charge in [-0.1, -0.05) is 30.3 Å². The fraction of sp³-hybridized carbons (Fsp3) is 0.364. The summed E-state index contributed by atoms with van der Waals surface area (Å²) in [4.78, 5) is 35.7. The summed E-state index contributed by atoms with van der Waals surface area (Å²) >= 11 is 0. The highest BCUT2D eigenvalue weighted by Gasteiger charge is 2.27. The number of carbonyl (C=O) groups is 2. The third kappa shape index (κ3) is 4.11. The second-order valence-corrected chi connectivity index (χ2v) is 7.34. The molecule has 0 unspecified atom stereocenters. The van der Waals surface area contributed by atoms with Crippen LogP contribution in [0.1, 0.15) is 37.7 Å². The molecule has 1 aromatic heterocycles. The van der Waals surface area contributed by atoms with Gasteiger partial charge >= 0.3 is 0 Å². The quantitative estimate of drug-likeness (QED) is 0.868. The number of aromatic nitrogens is 2. The fourth-order valence-electron chi connectivity index (χ4n) is 4.07. The van der Waals surface area contributed by atoms with Gasteiger partial charge in [0.25, 0.3) is 0 Å². The van der Waals surface area contributed by atoms with Gasteiger partial charge in [0.1, 0.15) is 5.82 Å². The lowest BCUT2D eigenvalue weighted by atomic mass is 9.99. The average Bonchev–Trinajstić information content (AvgIpc) is 3.09. The fourth-order valence-corrected chi connectivity index (χ4v) is 4.07. The Morgan fingerprint density at radius 1 is 1.18 bits per heavy atom. The number of anilines is 1. The summed E-state index contributed by atoms with van der Waals surface area (Å²) in [6.45, 7) is 1.62. The van der Waals surface area contributed by atoms with Gasteiger partial charge in [-0.3, -0.25) is 14.6 Å². The van der Waals surface area contributed by atoms with Crippen molar-refractivity contribution in [3.63, 3.8) is 0 Å². The Balaban J connectivity index is 1.41. The minimum Gasteiger partial charge on any atom is -0.353 e. The Bertz CT molecular complexity index is 880. The molecule has 1 aliphatic heterocycles. The van der Waals surface area contributed by atoms with Gasteiger partial charge in [-0.05, 0) is 30.4 Å². The predicted molar refractivity (Wildman–Crippen MR) is 108 cm³/mol. The highest BCUT2D eigenvalue weighted by Crippen LogP contribution is 2.33. The molecule has 0 saturated carbocycles. The second-order valence-electron chi connectivity index (χ2n) is 7.34. The molecular formula is C22H24N4O2. The molecule has 2 heterocycles. The van der Waals surface area contributed by atoms with Crippen LogP contribution in [0.3, 0.4) is 0 Å². The van der Waals surface area contributed by atoms with E-state index in [0.717, 1.165) is 42.8 Å². The number of piperidine rings is 1. The van der Waals surface area contributed by atoms with Gasteiger partial charge in [-0.25, -0.2) is 4.98 Å². The highest BCUT2D eigenvalue weighted by molar-refractivity contribution is 6.10. The number of ketones is 1. The number of hydrogen-bond donors (Lipinski definition) is 1. The molecule has 6 heteroatoms. The van der Waals surface area contributed by atoms with Gasteiger partial charge < -0.3 is 10.2 Å². The number of rotatable bonds is 5. The van der Waals surface area contributed by atoms with E-state index in [1.54, 1.807) is 18.6 Å². The molecule has 2 aromatic rings. The average molecular weight is 376 g/mol. The van der Waals surface area contributed by atoms with Gasteiger partial charge in [0.15, 0.2) is 5.78 Å². The van der Waals surface area contributed by atoms with Crippen LogP contribution in [0.25, 0.3) is 5.57 Å². The number of nitrogens with zero attached hydrogens (tertiary/aromatic N) is 3. The van der Waals surface area contributed by atoms with Crippen molar-refractivity contribution in [3.05, 3.63) is 60.1 Å². The van der Waals surface area contributed by atoms with E-state index >= 15 is 0 Å². The van der Waals surface area contributed by atoms with Crippen molar-refractivity contribution in [2.45, 2.75) is 38.1 Å². The minimum absolute atomic E-state index is 0.0561. The van der Waals surface area contributed by atoms with E-state index in [0.29, 0.717) is 18.5 Å².